The minimum atomic E-state index is -0.268. The van der Waals surface area contributed by atoms with Crippen LogP contribution in [0.25, 0.3) is 17.0 Å². The Labute approximate surface area is 166 Å². The summed E-state index contributed by atoms with van der Waals surface area (Å²) in [5.41, 5.74) is 3.37. The SMILES string of the molecule is Cc1ccc(-c2noc(COCCO)n2)cc1NC(=O)c1cnc2ccccn12. The van der Waals surface area contributed by atoms with Crippen LogP contribution in [0.5, 0.6) is 0 Å². The van der Waals surface area contributed by atoms with Crippen molar-refractivity contribution in [3.63, 3.8) is 0 Å². The van der Waals surface area contributed by atoms with Gasteiger partial charge in [-0.05, 0) is 30.7 Å². The molecule has 0 aliphatic rings. The molecule has 0 fully saturated rings. The monoisotopic (exact) mass is 393 g/mol. The normalized spacial score (nSPS) is 11.1. The zero-order chi connectivity index (χ0) is 20.2. The number of benzene rings is 1. The average Bonchev–Trinajstić information content (AvgIpc) is 3.37. The topological polar surface area (TPSA) is 115 Å². The predicted molar refractivity (Wildman–Crippen MR) is 104 cm³/mol. The van der Waals surface area contributed by atoms with Gasteiger partial charge in [0.1, 0.15) is 17.9 Å². The molecule has 0 unspecified atom stereocenters. The minimum Gasteiger partial charge on any atom is -0.394 e. The Morgan fingerprint density at radius 1 is 1.31 bits per heavy atom. The lowest BCUT2D eigenvalue weighted by molar-refractivity contribution is 0.0658. The molecule has 3 heterocycles. The third-order valence-corrected chi connectivity index (χ3v) is 4.32. The van der Waals surface area contributed by atoms with Crippen molar-refractivity contribution in [1.82, 2.24) is 19.5 Å². The zero-order valence-electron chi connectivity index (χ0n) is 15.7. The van der Waals surface area contributed by atoms with Crippen LogP contribution >= 0.6 is 0 Å². The Bertz CT molecular complexity index is 1150. The number of fused-ring (bicyclic) bond motifs is 1. The molecule has 3 aromatic heterocycles. The second-order valence-corrected chi connectivity index (χ2v) is 6.34. The largest absolute Gasteiger partial charge is 0.394 e. The summed E-state index contributed by atoms with van der Waals surface area (Å²) in [7, 11) is 0. The molecule has 0 spiro atoms. The third kappa shape index (κ3) is 4.00. The van der Waals surface area contributed by atoms with Gasteiger partial charge in [-0.2, -0.15) is 4.98 Å². The first-order valence-electron chi connectivity index (χ1n) is 9.01. The van der Waals surface area contributed by atoms with Crippen molar-refractivity contribution in [2.45, 2.75) is 13.5 Å². The van der Waals surface area contributed by atoms with Gasteiger partial charge in [0.15, 0.2) is 0 Å². The highest BCUT2D eigenvalue weighted by atomic mass is 16.5. The fourth-order valence-corrected chi connectivity index (χ4v) is 2.84. The lowest BCUT2D eigenvalue weighted by Gasteiger charge is -2.09. The molecule has 0 saturated carbocycles. The molecule has 148 valence electrons. The van der Waals surface area contributed by atoms with Gasteiger partial charge in [-0.3, -0.25) is 9.20 Å². The Kier molecular flexibility index (Phi) is 5.32. The number of rotatable bonds is 7. The standard InChI is InChI=1S/C20H19N5O4/c1-13-5-6-14(19-23-18(29-24-19)12-28-9-8-26)10-15(13)22-20(27)16-11-21-17-4-2-3-7-25(16)17/h2-7,10-11,26H,8-9,12H2,1H3,(H,22,27). The van der Waals surface area contributed by atoms with Crippen LogP contribution < -0.4 is 5.32 Å². The van der Waals surface area contributed by atoms with Gasteiger partial charge in [-0.15, -0.1) is 0 Å². The predicted octanol–water partition coefficient (Wildman–Crippen LogP) is 2.45. The van der Waals surface area contributed by atoms with Crippen molar-refractivity contribution in [3.8, 4) is 11.4 Å². The van der Waals surface area contributed by atoms with Crippen LogP contribution in [0, 0.1) is 6.92 Å². The van der Waals surface area contributed by atoms with E-state index in [0.29, 0.717) is 34.3 Å². The maximum Gasteiger partial charge on any atom is 0.274 e. The number of amides is 1. The maximum absolute atomic E-state index is 12.8. The second-order valence-electron chi connectivity index (χ2n) is 6.34. The molecule has 0 bridgehead atoms. The molecule has 0 aliphatic carbocycles. The summed E-state index contributed by atoms with van der Waals surface area (Å²) in [5, 5.41) is 15.6. The van der Waals surface area contributed by atoms with Crippen LogP contribution in [-0.2, 0) is 11.3 Å². The van der Waals surface area contributed by atoms with Gasteiger partial charge >= 0.3 is 0 Å². The molecule has 9 nitrogen and oxygen atoms in total. The minimum absolute atomic E-state index is 0.0749. The van der Waals surface area contributed by atoms with E-state index in [-0.39, 0.29) is 25.7 Å². The molecule has 4 aromatic rings. The van der Waals surface area contributed by atoms with E-state index in [0.717, 1.165) is 5.56 Å². The molecular weight excluding hydrogens is 374 g/mol. The molecule has 1 amide bonds. The highest BCUT2D eigenvalue weighted by molar-refractivity contribution is 6.04. The number of carbonyl (C=O) groups excluding carboxylic acids is 1. The number of nitrogens with one attached hydrogen (secondary N) is 1. The number of hydrogen-bond acceptors (Lipinski definition) is 7. The number of pyridine rings is 1. The lowest BCUT2D eigenvalue weighted by Crippen LogP contribution is -2.15. The highest BCUT2D eigenvalue weighted by Gasteiger charge is 2.15. The summed E-state index contributed by atoms with van der Waals surface area (Å²) >= 11 is 0. The smallest absolute Gasteiger partial charge is 0.274 e. The Hall–Kier alpha value is -3.56. The number of aryl methyl sites for hydroxylation is 1. The molecule has 4 rings (SSSR count). The molecule has 1 aromatic carbocycles. The van der Waals surface area contributed by atoms with E-state index in [9.17, 15) is 4.79 Å². The van der Waals surface area contributed by atoms with Gasteiger partial charge in [-0.25, -0.2) is 4.98 Å². The van der Waals surface area contributed by atoms with E-state index in [1.165, 1.54) is 0 Å². The van der Waals surface area contributed by atoms with Gasteiger partial charge in [0.05, 0.1) is 19.4 Å². The van der Waals surface area contributed by atoms with Gasteiger partial charge in [0.2, 0.25) is 5.82 Å². The van der Waals surface area contributed by atoms with Crippen molar-refractivity contribution in [1.29, 1.82) is 0 Å². The Balaban J connectivity index is 1.55. The van der Waals surface area contributed by atoms with Crippen LogP contribution in [0.4, 0.5) is 5.69 Å². The number of carbonyl (C=O) groups is 1. The molecule has 9 heteroatoms. The number of aliphatic hydroxyl groups excluding tert-OH is 1. The molecular formula is C20H19N5O4. The van der Waals surface area contributed by atoms with E-state index < -0.39 is 0 Å². The summed E-state index contributed by atoms with van der Waals surface area (Å²) < 4.78 is 12.1. The van der Waals surface area contributed by atoms with Gasteiger partial charge < -0.3 is 19.7 Å². The van der Waals surface area contributed by atoms with Crippen molar-refractivity contribution < 1.29 is 19.2 Å². The van der Waals surface area contributed by atoms with Crippen molar-refractivity contribution in [3.05, 3.63) is 65.9 Å². The lowest BCUT2D eigenvalue weighted by atomic mass is 10.1. The number of aromatic nitrogens is 4. The van der Waals surface area contributed by atoms with Crippen molar-refractivity contribution >= 4 is 17.2 Å². The van der Waals surface area contributed by atoms with Gasteiger partial charge in [0, 0.05) is 17.4 Å². The fourth-order valence-electron chi connectivity index (χ4n) is 2.84. The van der Waals surface area contributed by atoms with E-state index in [4.69, 9.17) is 14.4 Å². The maximum atomic E-state index is 12.8. The number of nitrogens with zero attached hydrogens (tertiary/aromatic N) is 4. The molecule has 0 aliphatic heterocycles. The Morgan fingerprint density at radius 2 is 2.21 bits per heavy atom. The first-order valence-corrected chi connectivity index (χ1v) is 9.01. The van der Waals surface area contributed by atoms with E-state index in [1.807, 2.05) is 37.3 Å². The molecule has 29 heavy (non-hydrogen) atoms. The zero-order valence-corrected chi connectivity index (χ0v) is 15.7. The summed E-state index contributed by atoms with van der Waals surface area (Å²) in [4.78, 5) is 21.3. The number of anilines is 1. The van der Waals surface area contributed by atoms with Crippen LogP contribution in [0.2, 0.25) is 0 Å². The summed E-state index contributed by atoms with van der Waals surface area (Å²) in [6.45, 7) is 2.14. The van der Waals surface area contributed by atoms with Crippen LogP contribution in [0.3, 0.4) is 0 Å². The number of imidazole rings is 1. The molecule has 0 saturated heterocycles. The first kappa shape index (κ1) is 18.8. The third-order valence-electron chi connectivity index (χ3n) is 4.32. The molecule has 0 atom stereocenters. The number of hydrogen-bond donors (Lipinski definition) is 2. The second kappa shape index (κ2) is 8.21. The van der Waals surface area contributed by atoms with Crippen LogP contribution in [-0.4, -0.2) is 43.8 Å². The Morgan fingerprint density at radius 3 is 3.07 bits per heavy atom. The summed E-state index contributed by atoms with van der Waals surface area (Å²) in [5.74, 6) is 0.429. The highest BCUT2D eigenvalue weighted by Crippen LogP contribution is 2.24. The number of ether oxygens (including phenoxy) is 1. The van der Waals surface area contributed by atoms with E-state index in [2.05, 4.69) is 20.4 Å². The van der Waals surface area contributed by atoms with Gasteiger partial charge in [0.25, 0.3) is 11.8 Å². The summed E-state index contributed by atoms with van der Waals surface area (Å²) in [6.07, 6.45) is 3.34. The van der Waals surface area contributed by atoms with E-state index in [1.54, 1.807) is 22.9 Å². The number of aliphatic hydroxyl groups is 1. The molecule has 0 radical (unpaired) electrons. The van der Waals surface area contributed by atoms with Crippen LogP contribution in [0.1, 0.15) is 21.9 Å². The van der Waals surface area contributed by atoms with Crippen molar-refractivity contribution in [2.75, 3.05) is 18.5 Å². The molecule has 2 N–H and O–H groups in total. The van der Waals surface area contributed by atoms with Gasteiger partial charge in [-0.1, -0.05) is 23.4 Å². The van der Waals surface area contributed by atoms with Crippen LogP contribution in [0.15, 0.2) is 53.3 Å². The average molecular weight is 393 g/mol. The fraction of sp³-hybridized carbons (Fsp3) is 0.200. The quantitative estimate of drug-likeness (QED) is 0.464. The first-order chi connectivity index (χ1) is 14.2. The van der Waals surface area contributed by atoms with E-state index >= 15 is 0 Å². The van der Waals surface area contributed by atoms with Crippen molar-refractivity contribution in [2.24, 2.45) is 0 Å². The summed E-state index contributed by atoms with van der Waals surface area (Å²) in [6, 6.07) is 11.1.